The van der Waals surface area contributed by atoms with Gasteiger partial charge in [0.15, 0.2) is 0 Å². The first-order valence-corrected chi connectivity index (χ1v) is 6.30. The summed E-state index contributed by atoms with van der Waals surface area (Å²) in [7, 11) is 0. The molecule has 0 aromatic heterocycles. The number of carboxylic acid groups (broad SMARTS) is 1. The maximum atomic E-state index is 10.7. The third-order valence-electron chi connectivity index (χ3n) is 1.78. The Morgan fingerprint density at radius 1 is 1.38 bits per heavy atom. The number of aliphatic carboxylic acids is 1. The van der Waals surface area contributed by atoms with Crippen molar-refractivity contribution in [3.63, 3.8) is 0 Å². The van der Waals surface area contributed by atoms with Gasteiger partial charge in [0.05, 0.1) is 6.61 Å². The van der Waals surface area contributed by atoms with E-state index >= 15 is 0 Å². The van der Waals surface area contributed by atoms with E-state index in [9.17, 15) is 4.79 Å². The summed E-state index contributed by atoms with van der Waals surface area (Å²) in [5.41, 5.74) is 0. The van der Waals surface area contributed by atoms with Crippen LogP contribution in [0.15, 0.2) is 0 Å². The molecule has 13 heavy (non-hydrogen) atoms. The molecule has 0 aliphatic carbocycles. The van der Waals surface area contributed by atoms with Crippen LogP contribution in [0.5, 0.6) is 0 Å². The number of hydrogen-bond donors (Lipinski definition) is 2. The highest BCUT2D eigenvalue weighted by Crippen LogP contribution is 2.19. The van der Waals surface area contributed by atoms with E-state index in [1.807, 2.05) is 0 Å². The lowest BCUT2D eigenvalue weighted by Crippen LogP contribution is -2.43. The molecule has 1 fully saturated rings. The Morgan fingerprint density at radius 2 is 1.92 bits per heavy atom. The number of carbonyl (C=O) groups is 1. The van der Waals surface area contributed by atoms with Gasteiger partial charge in [0.25, 0.3) is 0 Å². The second-order valence-corrected chi connectivity index (χ2v) is 4.85. The van der Waals surface area contributed by atoms with Crippen LogP contribution in [0.1, 0.15) is 0 Å². The lowest BCUT2D eigenvalue weighted by Gasteiger charge is -2.24. The maximum absolute atomic E-state index is 10.7. The highest BCUT2D eigenvalue weighted by molar-refractivity contribution is 8.03. The first-order valence-electron chi connectivity index (χ1n) is 3.99. The molecule has 1 aliphatic rings. The number of hydrogen-bond acceptors (Lipinski definition) is 5. The molecule has 0 radical (unpaired) electrons. The van der Waals surface area contributed by atoms with E-state index in [1.54, 1.807) is 28.4 Å². The van der Waals surface area contributed by atoms with E-state index < -0.39 is 12.0 Å². The zero-order valence-corrected chi connectivity index (χ0v) is 8.81. The molecule has 6 heteroatoms. The van der Waals surface area contributed by atoms with Crippen molar-refractivity contribution in [3.05, 3.63) is 0 Å². The topological polar surface area (TPSA) is 60.8 Å². The van der Waals surface area contributed by atoms with E-state index in [-0.39, 0.29) is 6.61 Å². The van der Waals surface area contributed by atoms with Crippen LogP contribution in [0.4, 0.5) is 0 Å². The fourth-order valence-corrected chi connectivity index (χ4v) is 3.38. The second-order valence-electron chi connectivity index (χ2n) is 2.70. The van der Waals surface area contributed by atoms with Crippen molar-refractivity contribution in [2.24, 2.45) is 0 Å². The van der Waals surface area contributed by atoms with Crippen LogP contribution in [0.2, 0.25) is 0 Å². The predicted molar refractivity (Wildman–Crippen MR) is 55.0 cm³/mol. The normalized spacial score (nSPS) is 22.2. The quantitative estimate of drug-likeness (QED) is 0.709. The van der Waals surface area contributed by atoms with Gasteiger partial charge in [-0.25, -0.2) is 0 Å². The van der Waals surface area contributed by atoms with E-state index in [0.717, 1.165) is 11.5 Å². The number of nitrogens with zero attached hydrogens (tertiary/aromatic N) is 1. The Labute approximate surface area is 85.7 Å². The molecule has 0 aromatic carbocycles. The van der Waals surface area contributed by atoms with Gasteiger partial charge in [0.2, 0.25) is 0 Å². The van der Waals surface area contributed by atoms with Gasteiger partial charge in [-0.3, -0.25) is 9.69 Å². The summed E-state index contributed by atoms with van der Waals surface area (Å²) in [6.07, 6.45) is 0. The third-order valence-corrected chi connectivity index (χ3v) is 4.06. The summed E-state index contributed by atoms with van der Waals surface area (Å²) in [5.74, 6) is 2.57. The SMILES string of the molecule is O=C(O)[C@H](CO)N1CSCCSC1. The van der Waals surface area contributed by atoms with Crippen LogP contribution in [-0.2, 0) is 4.79 Å². The van der Waals surface area contributed by atoms with Crippen LogP contribution >= 0.6 is 23.5 Å². The molecule has 4 nitrogen and oxygen atoms in total. The lowest BCUT2D eigenvalue weighted by molar-refractivity contribution is -0.143. The fourth-order valence-electron chi connectivity index (χ4n) is 1.05. The number of aliphatic hydroxyl groups is 1. The fraction of sp³-hybridized carbons (Fsp3) is 0.857. The van der Waals surface area contributed by atoms with Crippen LogP contribution in [-0.4, -0.2) is 57.0 Å². The molecule has 1 aliphatic heterocycles. The van der Waals surface area contributed by atoms with Crippen LogP contribution < -0.4 is 0 Å². The molecule has 1 saturated heterocycles. The molecular formula is C7H13NO3S2. The summed E-state index contributed by atoms with van der Waals surface area (Å²) in [4.78, 5) is 12.5. The van der Waals surface area contributed by atoms with Gasteiger partial charge in [-0.2, -0.15) is 0 Å². The Bertz CT molecular complexity index is 171. The molecule has 1 heterocycles. The first kappa shape index (κ1) is 11.2. The van der Waals surface area contributed by atoms with Crippen molar-refractivity contribution in [3.8, 4) is 0 Å². The van der Waals surface area contributed by atoms with Crippen molar-refractivity contribution < 1.29 is 15.0 Å². The van der Waals surface area contributed by atoms with Crippen molar-refractivity contribution in [2.75, 3.05) is 29.9 Å². The average Bonchev–Trinajstić information content (AvgIpc) is 2.33. The monoisotopic (exact) mass is 223 g/mol. The number of aliphatic hydroxyl groups excluding tert-OH is 1. The number of rotatable bonds is 3. The van der Waals surface area contributed by atoms with E-state index in [2.05, 4.69) is 0 Å². The minimum atomic E-state index is -0.939. The summed E-state index contributed by atoms with van der Waals surface area (Å²) in [6.45, 7) is -0.309. The summed E-state index contributed by atoms with van der Waals surface area (Å²) < 4.78 is 0. The Hall–Kier alpha value is 0.0900. The Kier molecular flexibility index (Phi) is 4.93. The molecule has 0 spiro atoms. The minimum Gasteiger partial charge on any atom is -0.480 e. The standard InChI is InChI=1S/C7H13NO3S2/c9-3-6(7(10)11)8-4-12-1-2-13-5-8/h6,9H,1-5H2,(H,10,11)/t6-/m0/s1. The second kappa shape index (κ2) is 5.74. The number of carboxylic acids is 1. The van der Waals surface area contributed by atoms with E-state index in [4.69, 9.17) is 10.2 Å². The van der Waals surface area contributed by atoms with Crippen molar-refractivity contribution in [1.29, 1.82) is 0 Å². The molecule has 0 unspecified atom stereocenters. The molecular weight excluding hydrogens is 210 g/mol. The summed E-state index contributed by atoms with van der Waals surface area (Å²) in [5, 5.41) is 17.7. The van der Waals surface area contributed by atoms with Crippen LogP contribution in [0.25, 0.3) is 0 Å². The molecule has 1 atom stereocenters. The molecule has 0 bridgehead atoms. The molecule has 0 amide bonds. The number of thioether (sulfide) groups is 2. The highest BCUT2D eigenvalue weighted by atomic mass is 32.2. The Morgan fingerprint density at radius 3 is 2.31 bits per heavy atom. The summed E-state index contributed by atoms with van der Waals surface area (Å²) in [6, 6.07) is -0.738. The molecule has 76 valence electrons. The van der Waals surface area contributed by atoms with Gasteiger partial charge in [-0.1, -0.05) is 0 Å². The average molecular weight is 223 g/mol. The first-order chi connectivity index (χ1) is 6.25. The van der Waals surface area contributed by atoms with Crippen molar-refractivity contribution in [2.45, 2.75) is 6.04 Å². The van der Waals surface area contributed by atoms with Crippen molar-refractivity contribution >= 4 is 29.5 Å². The van der Waals surface area contributed by atoms with Gasteiger partial charge in [-0.15, -0.1) is 23.5 Å². The van der Waals surface area contributed by atoms with Gasteiger partial charge >= 0.3 is 5.97 Å². The Balaban J connectivity index is 2.50. The van der Waals surface area contributed by atoms with Crippen LogP contribution in [0, 0.1) is 0 Å². The van der Waals surface area contributed by atoms with Gasteiger partial charge in [0, 0.05) is 23.3 Å². The van der Waals surface area contributed by atoms with E-state index in [0.29, 0.717) is 11.8 Å². The highest BCUT2D eigenvalue weighted by Gasteiger charge is 2.25. The smallest absolute Gasteiger partial charge is 0.323 e. The molecule has 1 rings (SSSR count). The van der Waals surface area contributed by atoms with E-state index in [1.165, 1.54) is 0 Å². The predicted octanol–water partition coefficient (Wildman–Crippen LogP) is 0.129. The van der Waals surface area contributed by atoms with Crippen LogP contribution in [0.3, 0.4) is 0 Å². The van der Waals surface area contributed by atoms with Crippen molar-refractivity contribution in [1.82, 2.24) is 4.90 Å². The zero-order valence-electron chi connectivity index (χ0n) is 7.18. The zero-order chi connectivity index (χ0) is 9.68. The summed E-state index contributed by atoms with van der Waals surface area (Å²) >= 11 is 3.43. The third kappa shape index (κ3) is 3.38. The molecule has 2 N–H and O–H groups in total. The lowest BCUT2D eigenvalue weighted by atomic mass is 10.3. The largest absolute Gasteiger partial charge is 0.480 e. The maximum Gasteiger partial charge on any atom is 0.323 e. The molecule has 0 saturated carbocycles. The minimum absolute atomic E-state index is 0.309. The van der Waals surface area contributed by atoms with Gasteiger partial charge in [0.1, 0.15) is 6.04 Å². The molecule has 0 aromatic rings. The van der Waals surface area contributed by atoms with Gasteiger partial charge in [-0.05, 0) is 0 Å². The van der Waals surface area contributed by atoms with Gasteiger partial charge < -0.3 is 10.2 Å².